The molecule has 2 aromatic carbocycles. The van der Waals surface area contributed by atoms with Crippen molar-refractivity contribution < 1.29 is 19.1 Å². The van der Waals surface area contributed by atoms with Crippen molar-refractivity contribution in [1.29, 1.82) is 0 Å². The number of hydrogen-bond donors (Lipinski definition) is 3. The Bertz CT molecular complexity index is 755. The first kappa shape index (κ1) is 19.6. The van der Waals surface area contributed by atoms with Crippen molar-refractivity contribution in [3.05, 3.63) is 56.9 Å². The van der Waals surface area contributed by atoms with Gasteiger partial charge in [-0.2, -0.15) is 0 Å². The van der Waals surface area contributed by atoms with E-state index in [1.165, 1.54) is 18.2 Å². The largest absolute Gasteiger partial charge is 0.391 e. The lowest BCUT2D eigenvalue weighted by Gasteiger charge is -2.15. The minimum atomic E-state index is -0.667. The second kappa shape index (κ2) is 9.12. The van der Waals surface area contributed by atoms with Gasteiger partial charge in [-0.15, -0.1) is 0 Å². The molecular weight excluding hydrogens is 438 g/mol. The Morgan fingerprint density at radius 1 is 1.36 bits per heavy atom. The van der Waals surface area contributed by atoms with Crippen molar-refractivity contribution in [2.24, 2.45) is 0 Å². The first-order valence-corrected chi connectivity index (χ1v) is 8.92. The molecule has 2 aromatic rings. The molecule has 0 radical (unpaired) electrons. The summed E-state index contributed by atoms with van der Waals surface area (Å²) in [5, 5.41) is 12.4. The average Bonchev–Trinajstić information content (AvgIpc) is 2.58. The monoisotopic (exact) mass is 458 g/mol. The van der Waals surface area contributed by atoms with Crippen LogP contribution in [0.4, 0.5) is 15.8 Å². The highest BCUT2D eigenvalue weighted by molar-refractivity contribution is 14.1. The van der Waals surface area contributed by atoms with Crippen molar-refractivity contribution in [2.75, 3.05) is 11.9 Å². The van der Waals surface area contributed by atoms with Gasteiger partial charge in [0.15, 0.2) is 0 Å². The molecule has 0 fully saturated rings. The average molecular weight is 458 g/mol. The molecule has 1 unspecified atom stereocenters. The summed E-state index contributed by atoms with van der Waals surface area (Å²) in [7, 11) is 0. The van der Waals surface area contributed by atoms with Crippen molar-refractivity contribution in [2.45, 2.75) is 26.4 Å². The zero-order chi connectivity index (χ0) is 18.4. The summed E-state index contributed by atoms with van der Waals surface area (Å²) in [6.45, 7) is 3.67. The number of aryl methyl sites for hydroxylation is 1. The zero-order valence-electron chi connectivity index (χ0n) is 14.0. The van der Waals surface area contributed by atoms with E-state index in [4.69, 9.17) is 4.84 Å². The lowest BCUT2D eigenvalue weighted by atomic mass is 10.1. The number of amides is 1. The van der Waals surface area contributed by atoms with Gasteiger partial charge in [-0.25, -0.2) is 9.87 Å². The standard InChI is InChI=1S/C18H20FIN2O3/c1-3-13(23)10-25-22-18(24)14-5-4-6-15(19)17(14)21-16-8-7-12(20)9-11(16)2/h4-9,13,21,23H,3,10H2,1-2H3,(H,22,24). The molecular formula is C18H20FIN2O3. The molecule has 0 bridgehead atoms. The maximum absolute atomic E-state index is 14.3. The van der Waals surface area contributed by atoms with Crippen LogP contribution in [0.5, 0.6) is 0 Å². The van der Waals surface area contributed by atoms with Crippen LogP contribution in [0.15, 0.2) is 36.4 Å². The number of carbonyl (C=O) groups excluding carboxylic acids is 1. The van der Waals surface area contributed by atoms with Gasteiger partial charge < -0.3 is 10.4 Å². The first-order valence-electron chi connectivity index (χ1n) is 7.84. The molecule has 7 heteroatoms. The summed E-state index contributed by atoms with van der Waals surface area (Å²) in [6.07, 6.45) is -0.158. The molecule has 0 heterocycles. The van der Waals surface area contributed by atoms with Crippen LogP contribution in [0.2, 0.25) is 0 Å². The van der Waals surface area contributed by atoms with Gasteiger partial charge in [0, 0.05) is 9.26 Å². The second-order valence-corrected chi connectivity index (χ2v) is 6.80. The summed E-state index contributed by atoms with van der Waals surface area (Å²) in [5.41, 5.74) is 4.07. The summed E-state index contributed by atoms with van der Waals surface area (Å²) in [5.74, 6) is -1.13. The van der Waals surface area contributed by atoms with Crippen LogP contribution in [-0.2, 0) is 4.84 Å². The number of benzene rings is 2. The van der Waals surface area contributed by atoms with Crippen molar-refractivity contribution in [1.82, 2.24) is 5.48 Å². The number of anilines is 2. The molecule has 2 rings (SSSR count). The van der Waals surface area contributed by atoms with Gasteiger partial charge in [-0.05, 0) is 71.8 Å². The summed E-state index contributed by atoms with van der Waals surface area (Å²) < 4.78 is 15.4. The highest BCUT2D eigenvalue weighted by atomic mass is 127. The zero-order valence-corrected chi connectivity index (χ0v) is 16.1. The van der Waals surface area contributed by atoms with Crippen molar-refractivity contribution in [3.8, 4) is 0 Å². The van der Waals surface area contributed by atoms with Crippen LogP contribution < -0.4 is 10.8 Å². The molecule has 0 aromatic heterocycles. The predicted molar refractivity (Wildman–Crippen MR) is 103 cm³/mol. The quantitative estimate of drug-likeness (QED) is 0.435. The van der Waals surface area contributed by atoms with Gasteiger partial charge in [-0.3, -0.25) is 9.63 Å². The Balaban J connectivity index is 2.19. The molecule has 0 aliphatic carbocycles. The van der Waals surface area contributed by atoms with Gasteiger partial charge in [-0.1, -0.05) is 13.0 Å². The summed E-state index contributed by atoms with van der Waals surface area (Å²) in [6, 6.07) is 9.92. The van der Waals surface area contributed by atoms with Crippen LogP contribution in [0.3, 0.4) is 0 Å². The number of hydroxylamine groups is 1. The van der Waals surface area contributed by atoms with E-state index in [9.17, 15) is 14.3 Å². The molecule has 25 heavy (non-hydrogen) atoms. The van der Waals surface area contributed by atoms with Crippen LogP contribution in [-0.4, -0.2) is 23.7 Å². The molecule has 0 aliphatic heterocycles. The number of para-hydroxylation sites is 1. The Kier molecular flexibility index (Phi) is 7.15. The Morgan fingerprint density at radius 2 is 2.12 bits per heavy atom. The molecule has 134 valence electrons. The number of carbonyl (C=O) groups is 1. The van der Waals surface area contributed by atoms with Crippen molar-refractivity contribution >= 4 is 39.9 Å². The molecule has 0 spiro atoms. The third-order valence-electron chi connectivity index (χ3n) is 3.62. The minimum absolute atomic E-state index is 0.0312. The maximum atomic E-state index is 14.3. The normalized spacial score (nSPS) is 11.9. The SMILES string of the molecule is CCC(O)CONC(=O)c1cccc(F)c1Nc1ccc(I)cc1C. The fourth-order valence-corrected chi connectivity index (χ4v) is 2.77. The van der Waals surface area contributed by atoms with Gasteiger partial charge in [0.25, 0.3) is 5.91 Å². The topological polar surface area (TPSA) is 70.6 Å². The molecule has 3 N–H and O–H groups in total. The van der Waals surface area contributed by atoms with E-state index in [0.717, 1.165) is 9.13 Å². The van der Waals surface area contributed by atoms with E-state index in [2.05, 4.69) is 33.4 Å². The van der Waals surface area contributed by atoms with E-state index in [1.54, 1.807) is 6.92 Å². The molecule has 1 amide bonds. The van der Waals surface area contributed by atoms with E-state index < -0.39 is 17.8 Å². The molecule has 0 saturated heterocycles. The lowest BCUT2D eigenvalue weighted by Crippen LogP contribution is -2.28. The minimum Gasteiger partial charge on any atom is -0.391 e. The van der Waals surface area contributed by atoms with Gasteiger partial charge in [0.05, 0.1) is 17.4 Å². The lowest BCUT2D eigenvalue weighted by molar-refractivity contribution is -0.0133. The Hall–Kier alpha value is -1.71. The Labute approximate surface area is 159 Å². The third-order valence-corrected chi connectivity index (χ3v) is 4.29. The number of hydrogen-bond acceptors (Lipinski definition) is 4. The first-order chi connectivity index (χ1) is 11.9. The van der Waals surface area contributed by atoms with Crippen LogP contribution in [0.1, 0.15) is 29.3 Å². The Morgan fingerprint density at radius 3 is 2.80 bits per heavy atom. The second-order valence-electron chi connectivity index (χ2n) is 5.55. The summed E-state index contributed by atoms with van der Waals surface area (Å²) in [4.78, 5) is 17.3. The number of aliphatic hydroxyl groups is 1. The van der Waals surface area contributed by atoms with Crippen molar-refractivity contribution in [3.63, 3.8) is 0 Å². The highest BCUT2D eigenvalue weighted by Gasteiger charge is 2.16. The predicted octanol–water partition coefficient (Wildman–Crippen LogP) is 3.91. The molecule has 0 saturated carbocycles. The van der Waals surface area contributed by atoms with Gasteiger partial charge in [0.1, 0.15) is 12.4 Å². The molecule has 0 aliphatic rings. The highest BCUT2D eigenvalue weighted by Crippen LogP contribution is 2.27. The van der Waals surface area contributed by atoms with E-state index in [0.29, 0.717) is 12.1 Å². The fourth-order valence-electron chi connectivity index (χ4n) is 2.12. The number of halogens is 2. The number of aliphatic hydroxyl groups excluding tert-OH is 1. The van der Waals surface area contributed by atoms with Crippen LogP contribution in [0.25, 0.3) is 0 Å². The maximum Gasteiger partial charge on any atom is 0.277 e. The summed E-state index contributed by atoms with van der Waals surface area (Å²) >= 11 is 2.20. The number of nitrogens with one attached hydrogen (secondary N) is 2. The van der Waals surface area contributed by atoms with E-state index >= 15 is 0 Å². The van der Waals surface area contributed by atoms with E-state index in [1.807, 2.05) is 25.1 Å². The van der Waals surface area contributed by atoms with Gasteiger partial charge >= 0.3 is 0 Å². The van der Waals surface area contributed by atoms with Gasteiger partial charge in [0.2, 0.25) is 0 Å². The smallest absolute Gasteiger partial charge is 0.277 e. The van der Waals surface area contributed by atoms with Crippen LogP contribution >= 0.6 is 22.6 Å². The molecule has 5 nitrogen and oxygen atoms in total. The van der Waals surface area contributed by atoms with Crippen LogP contribution in [0, 0.1) is 16.3 Å². The van der Waals surface area contributed by atoms with E-state index in [-0.39, 0.29) is 17.9 Å². The third kappa shape index (κ3) is 5.38. The number of rotatable bonds is 7. The molecule has 1 atom stereocenters. The fraction of sp³-hybridized carbons (Fsp3) is 0.278.